The molecule has 0 bridgehead atoms. The Kier molecular flexibility index (Phi) is 3.17. The summed E-state index contributed by atoms with van der Waals surface area (Å²) in [4.78, 5) is 7.17. The van der Waals surface area contributed by atoms with E-state index < -0.39 is 0 Å². The second-order valence-corrected chi connectivity index (χ2v) is 6.17. The Bertz CT molecular complexity index is 610. The van der Waals surface area contributed by atoms with Crippen LogP contribution in [0.25, 0.3) is 10.9 Å². The molecule has 2 aliphatic rings. The monoisotopic (exact) mass is 267 g/mol. The Balaban J connectivity index is 1.49. The first kappa shape index (κ1) is 12.3. The number of piperidine rings is 1. The van der Waals surface area contributed by atoms with Crippen molar-refractivity contribution in [1.29, 1.82) is 0 Å². The molecule has 2 aromatic rings. The number of pyridine rings is 1. The average Bonchev–Trinajstić information content (AvgIpc) is 2.95. The molecule has 1 aromatic carbocycles. The molecular formula is C17H21N3. The molecule has 3 heterocycles. The molecule has 20 heavy (non-hydrogen) atoms. The zero-order chi connectivity index (χ0) is 13.4. The fourth-order valence-corrected chi connectivity index (χ4v) is 3.73. The minimum atomic E-state index is 0.779. The van der Waals surface area contributed by atoms with Gasteiger partial charge in [-0.1, -0.05) is 18.2 Å². The number of hydrogen-bond donors (Lipinski definition) is 1. The molecule has 2 unspecified atom stereocenters. The second kappa shape index (κ2) is 5.15. The van der Waals surface area contributed by atoms with E-state index in [1.807, 2.05) is 12.3 Å². The molecule has 3 heteroatoms. The summed E-state index contributed by atoms with van der Waals surface area (Å²) >= 11 is 0. The number of fused-ring (bicyclic) bond motifs is 2. The van der Waals surface area contributed by atoms with Crippen molar-refractivity contribution in [3.63, 3.8) is 0 Å². The number of nitrogens with zero attached hydrogens (tertiary/aromatic N) is 2. The first-order valence-electron chi connectivity index (χ1n) is 7.68. The van der Waals surface area contributed by atoms with E-state index in [1.54, 1.807) is 0 Å². The lowest BCUT2D eigenvalue weighted by Gasteiger charge is -2.34. The molecule has 4 rings (SSSR count). The molecule has 0 aliphatic carbocycles. The van der Waals surface area contributed by atoms with Gasteiger partial charge >= 0.3 is 0 Å². The van der Waals surface area contributed by atoms with E-state index in [-0.39, 0.29) is 0 Å². The molecule has 2 fully saturated rings. The van der Waals surface area contributed by atoms with E-state index in [2.05, 4.69) is 39.5 Å². The van der Waals surface area contributed by atoms with Crippen LogP contribution < -0.4 is 5.32 Å². The fraction of sp³-hybridized carbons (Fsp3) is 0.471. The predicted octanol–water partition coefficient (Wildman–Crippen LogP) is 2.42. The molecule has 0 amide bonds. The Labute approximate surface area is 120 Å². The van der Waals surface area contributed by atoms with Crippen molar-refractivity contribution in [1.82, 2.24) is 15.2 Å². The van der Waals surface area contributed by atoms with E-state index in [0.29, 0.717) is 0 Å². The van der Waals surface area contributed by atoms with Crippen LogP contribution >= 0.6 is 0 Å². The zero-order valence-electron chi connectivity index (χ0n) is 11.8. The summed E-state index contributed by atoms with van der Waals surface area (Å²) in [6, 6.07) is 11.4. The molecule has 0 saturated carbocycles. The van der Waals surface area contributed by atoms with Crippen molar-refractivity contribution >= 4 is 10.9 Å². The standard InChI is InChI=1S/C17H21N3/c1-2-4-16-14(3-1)9-13(10-19-16)11-20-8-6-17-15(12-20)5-7-18-17/h1-4,9-10,15,17-18H,5-8,11-12H2. The summed E-state index contributed by atoms with van der Waals surface area (Å²) in [6.45, 7) is 4.70. The Morgan fingerprint density at radius 2 is 2.20 bits per heavy atom. The lowest BCUT2D eigenvalue weighted by molar-refractivity contribution is 0.156. The van der Waals surface area contributed by atoms with Gasteiger partial charge in [0, 0.05) is 30.7 Å². The first-order chi connectivity index (χ1) is 9.88. The van der Waals surface area contributed by atoms with Gasteiger partial charge in [-0.05, 0) is 49.5 Å². The van der Waals surface area contributed by atoms with Crippen LogP contribution in [0.2, 0.25) is 0 Å². The third-order valence-corrected chi connectivity index (χ3v) is 4.79. The molecule has 1 N–H and O–H groups in total. The highest BCUT2D eigenvalue weighted by Crippen LogP contribution is 2.25. The summed E-state index contributed by atoms with van der Waals surface area (Å²) in [7, 11) is 0. The first-order valence-corrected chi connectivity index (χ1v) is 7.68. The molecular weight excluding hydrogens is 246 g/mol. The predicted molar refractivity (Wildman–Crippen MR) is 81.5 cm³/mol. The molecule has 2 atom stereocenters. The van der Waals surface area contributed by atoms with Gasteiger partial charge in [-0.3, -0.25) is 9.88 Å². The number of para-hydroxylation sites is 1. The highest BCUT2D eigenvalue weighted by molar-refractivity contribution is 5.78. The van der Waals surface area contributed by atoms with Gasteiger partial charge in [-0.25, -0.2) is 0 Å². The number of hydrogen-bond acceptors (Lipinski definition) is 3. The van der Waals surface area contributed by atoms with Crippen LogP contribution in [0.15, 0.2) is 36.5 Å². The van der Waals surface area contributed by atoms with Crippen molar-refractivity contribution in [2.45, 2.75) is 25.4 Å². The molecule has 3 nitrogen and oxygen atoms in total. The third-order valence-electron chi connectivity index (χ3n) is 4.79. The van der Waals surface area contributed by atoms with Crippen LogP contribution in [0, 0.1) is 5.92 Å². The van der Waals surface area contributed by atoms with Gasteiger partial charge in [0.1, 0.15) is 0 Å². The Hall–Kier alpha value is -1.45. The van der Waals surface area contributed by atoms with Crippen molar-refractivity contribution in [3.05, 3.63) is 42.1 Å². The SMILES string of the molecule is c1ccc2ncc(CN3CCC4NCCC4C3)cc2c1. The lowest BCUT2D eigenvalue weighted by atomic mass is 9.93. The highest BCUT2D eigenvalue weighted by Gasteiger charge is 2.32. The lowest BCUT2D eigenvalue weighted by Crippen LogP contribution is -2.43. The largest absolute Gasteiger partial charge is 0.314 e. The van der Waals surface area contributed by atoms with Crippen LogP contribution in [0.4, 0.5) is 0 Å². The van der Waals surface area contributed by atoms with Crippen LogP contribution in [0.3, 0.4) is 0 Å². The van der Waals surface area contributed by atoms with Crippen molar-refractivity contribution in [2.24, 2.45) is 5.92 Å². The maximum absolute atomic E-state index is 4.57. The van der Waals surface area contributed by atoms with Crippen LogP contribution in [-0.2, 0) is 6.54 Å². The smallest absolute Gasteiger partial charge is 0.0702 e. The minimum Gasteiger partial charge on any atom is -0.314 e. The molecule has 104 valence electrons. The van der Waals surface area contributed by atoms with Gasteiger partial charge in [0.15, 0.2) is 0 Å². The average molecular weight is 267 g/mol. The maximum Gasteiger partial charge on any atom is 0.0702 e. The molecule has 2 saturated heterocycles. The van der Waals surface area contributed by atoms with E-state index in [1.165, 1.54) is 43.4 Å². The Morgan fingerprint density at radius 1 is 1.25 bits per heavy atom. The summed E-state index contributed by atoms with van der Waals surface area (Å²) in [5.74, 6) is 0.858. The summed E-state index contributed by atoms with van der Waals surface area (Å²) in [5, 5.41) is 4.88. The highest BCUT2D eigenvalue weighted by atomic mass is 15.2. The van der Waals surface area contributed by atoms with Crippen LogP contribution in [0.1, 0.15) is 18.4 Å². The summed E-state index contributed by atoms with van der Waals surface area (Å²) in [6.07, 6.45) is 4.68. The molecule has 0 radical (unpaired) electrons. The number of likely N-dealkylation sites (tertiary alicyclic amines) is 1. The summed E-state index contributed by atoms with van der Waals surface area (Å²) in [5.41, 5.74) is 2.43. The van der Waals surface area contributed by atoms with Crippen molar-refractivity contribution in [3.8, 4) is 0 Å². The van der Waals surface area contributed by atoms with Crippen LogP contribution in [-0.4, -0.2) is 35.6 Å². The number of rotatable bonds is 2. The number of benzene rings is 1. The molecule has 1 aromatic heterocycles. The van der Waals surface area contributed by atoms with E-state index >= 15 is 0 Å². The van der Waals surface area contributed by atoms with Crippen LogP contribution in [0.5, 0.6) is 0 Å². The van der Waals surface area contributed by atoms with Gasteiger partial charge < -0.3 is 5.32 Å². The minimum absolute atomic E-state index is 0.779. The normalized spacial score (nSPS) is 26.8. The molecule has 2 aliphatic heterocycles. The van der Waals surface area contributed by atoms with E-state index in [0.717, 1.165) is 24.0 Å². The quantitative estimate of drug-likeness (QED) is 0.905. The number of aromatic nitrogens is 1. The van der Waals surface area contributed by atoms with Gasteiger partial charge in [0.2, 0.25) is 0 Å². The maximum atomic E-state index is 4.57. The van der Waals surface area contributed by atoms with Gasteiger partial charge in [0.05, 0.1) is 5.52 Å². The van der Waals surface area contributed by atoms with Gasteiger partial charge in [-0.15, -0.1) is 0 Å². The second-order valence-electron chi connectivity index (χ2n) is 6.17. The number of nitrogens with one attached hydrogen (secondary N) is 1. The zero-order valence-corrected chi connectivity index (χ0v) is 11.8. The van der Waals surface area contributed by atoms with Crippen molar-refractivity contribution < 1.29 is 0 Å². The van der Waals surface area contributed by atoms with Crippen molar-refractivity contribution in [2.75, 3.05) is 19.6 Å². The van der Waals surface area contributed by atoms with Gasteiger partial charge in [-0.2, -0.15) is 0 Å². The summed E-state index contributed by atoms with van der Waals surface area (Å²) < 4.78 is 0. The Morgan fingerprint density at radius 3 is 3.20 bits per heavy atom. The van der Waals surface area contributed by atoms with E-state index in [4.69, 9.17) is 0 Å². The topological polar surface area (TPSA) is 28.2 Å². The van der Waals surface area contributed by atoms with E-state index in [9.17, 15) is 0 Å². The molecule has 0 spiro atoms. The fourth-order valence-electron chi connectivity index (χ4n) is 3.73. The third kappa shape index (κ3) is 2.32. The van der Waals surface area contributed by atoms with Gasteiger partial charge in [0.25, 0.3) is 0 Å².